The Morgan fingerprint density at radius 3 is 2.88 bits per heavy atom. The SMILES string of the molecule is CCCOc1c(Br)cc(C(=O)N2CCCC(C(C)N)C2)cc1OC. The third-order valence-corrected chi connectivity index (χ3v) is 5.00. The molecule has 5 nitrogen and oxygen atoms in total. The number of rotatable bonds is 6. The smallest absolute Gasteiger partial charge is 0.254 e. The predicted molar refractivity (Wildman–Crippen MR) is 98.8 cm³/mol. The van der Waals surface area contributed by atoms with Crippen molar-refractivity contribution >= 4 is 21.8 Å². The van der Waals surface area contributed by atoms with Crippen LogP contribution in [0.5, 0.6) is 11.5 Å². The van der Waals surface area contributed by atoms with Gasteiger partial charge in [-0.25, -0.2) is 0 Å². The van der Waals surface area contributed by atoms with Crippen LogP contribution in [0, 0.1) is 5.92 Å². The van der Waals surface area contributed by atoms with Gasteiger partial charge in [0.2, 0.25) is 0 Å². The molecule has 2 rings (SSSR count). The highest BCUT2D eigenvalue weighted by Crippen LogP contribution is 2.37. The second-order valence-electron chi connectivity index (χ2n) is 6.35. The predicted octanol–water partition coefficient (Wildman–Crippen LogP) is 3.45. The summed E-state index contributed by atoms with van der Waals surface area (Å²) in [5, 5.41) is 0. The van der Waals surface area contributed by atoms with Gasteiger partial charge in [0.25, 0.3) is 5.91 Å². The highest BCUT2D eigenvalue weighted by molar-refractivity contribution is 9.10. The number of methoxy groups -OCH3 is 1. The third kappa shape index (κ3) is 4.42. The van der Waals surface area contributed by atoms with Crippen molar-refractivity contribution in [3.8, 4) is 11.5 Å². The van der Waals surface area contributed by atoms with E-state index in [-0.39, 0.29) is 11.9 Å². The van der Waals surface area contributed by atoms with Crippen LogP contribution in [0.25, 0.3) is 0 Å². The molecule has 1 aromatic carbocycles. The lowest BCUT2D eigenvalue weighted by Gasteiger charge is -2.34. The maximum absolute atomic E-state index is 12.9. The minimum Gasteiger partial charge on any atom is -0.493 e. The number of carbonyl (C=O) groups is 1. The normalized spacial score (nSPS) is 19.0. The van der Waals surface area contributed by atoms with Crippen molar-refractivity contribution in [1.29, 1.82) is 0 Å². The summed E-state index contributed by atoms with van der Waals surface area (Å²) in [6.45, 7) is 6.15. The summed E-state index contributed by atoms with van der Waals surface area (Å²) in [7, 11) is 1.59. The van der Waals surface area contributed by atoms with Gasteiger partial charge in [0.05, 0.1) is 18.2 Å². The van der Waals surface area contributed by atoms with E-state index in [1.807, 2.05) is 24.8 Å². The number of amides is 1. The molecule has 2 atom stereocenters. The topological polar surface area (TPSA) is 64.8 Å². The monoisotopic (exact) mass is 398 g/mol. The molecule has 0 radical (unpaired) electrons. The van der Waals surface area contributed by atoms with Crippen molar-refractivity contribution < 1.29 is 14.3 Å². The first-order valence-electron chi connectivity index (χ1n) is 8.53. The summed E-state index contributed by atoms with van der Waals surface area (Å²) in [5.41, 5.74) is 6.63. The molecule has 1 aromatic rings. The van der Waals surface area contributed by atoms with Crippen molar-refractivity contribution in [1.82, 2.24) is 4.90 Å². The number of halogens is 1. The van der Waals surface area contributed by atoms with Gasteiger partial charge in [-0.15, -0.1) is 0 Å². The Morgan fingerprint density at radius 2 is 2.25 bits per heavy atom. The van der Waals surface area contributed by atoms with Crippen molar-refractivity contribution in [2.75, 3.05) is 26.8 Å². The van der Waals surface area contributed by atoms with Crippen LogP contribution in [0.2, 0.25) is 0 Å². The molecule has 24 heavy (non-hydrogen) atoms. The molecule has 1 amide bonds. The Bertz CT molecular complexity index is 578. The molecule has 1 aliphatic heterocycles. The molecule has 0 bridgehead atoms. The van der Waals surface area contributed by atoms with E-state index in [9.17, 15) is 4.79 Å². The molecule has 0 spiro atoms. The van der Waals surface area contributed by atoms with E-state index in [1.54, 1.807) is 13.2 Å². The Morgan fingerprint density at radius 1 is 1.50 bits per heavy atom. The summed E-state index contributed by atoms with van der Waals surface area (Å²) in [4.78, 5) is 14.8. The van der Waals surface area contributed by atoms with Gasteiger partial charge >= 0.3 is 0 Å². The molecule has 0 aliphatic carbocycles. The minimum absolute atomic E-state index is 0.0152. The van der Waals surface area contributed by atoms with E-state index < -0.39 is 0 Å². The van der Waals surface area contributed by atoms with Gasteiger partial charge in [-0.2, -0.15) is 0 Å². The zero-order valence-electron chi connectivity index (χ0n) is 14.7. The highest BCUT2D eigenvalue weighted by Gasteiger charge is 2.27. The van der Waals surface area contributed by atoms with Crippen LogP contribution in [-0.2, 0) is 0 Å². The molecule has 1 aliphatic rings. The number of carbonyl (C=O) groups excluding carboxylic acids is 1. The largest absolute Gasteiger partial charge is 0.493 e. The van der Waals surface area contributed by atoms with Crippen molar-refractivity contribution in [3.05, 3.63) is 22.2 Å². The number of ether oxygens (including phenoxy) is 2. The van der Waals surface area contributed by atoms with Gasteiger partial charge in [-0.05, 0) is 60.2 Å². The second-order valence-corrected chi connectivity index (χ2v) is 7.20. The van der Waals surface area contributed by atoms with E-state index in [2.05, 4.69) is 15.9 Å². The van der Waals surface area contributed by atoms with Crippen LogP contribution >= 0.6 is 15.9 Å². The van der Waals surface area contributed by atoms with Crippen LogP contribution in [0.15, 0.2) is 16.6 Å². The fraction of sp³-hybridized carbons (Fsp3) is 0.611. The van der Waals surface area contributed by atoms with E-state index in [0.717, 1.165) is 30.3 Å². The maximum Gasteiger partial charge on any atom is 0.254 e. The number of hydrogen-bond donors (Lipinski definition) is 1. The van der Waals surface area contributed by atoms with Crippen molar-refractivity contribution in [2.45, 2.75) is 39.2 Å². The third-order valence-electron chi connectivity index (χ3n) is 4.42. The van der Waals surface area contributed by atoms with E-state index in [0.29, 0.717) is 36.1 Å². The quantitative estimate of drug-likeness (QED) is 0.796. The number of nitrogens with zero attached hydrogens (tertiary/aromatic N) is 1. The standard InChI is InChI=1S/C18H27BrN2O3/c1-4-8-24-17-15(19)9-14(10-16(17)23-3)18(22)21-7-5-6-13(11-21)12(2)20/h9-10,12-13H,4-8,11,20H2,1-3H3. The lowest BCUT2D eigenvalue weighted by Crippen LogP contribution is -2.45. The number of benzene rings is 1. The molecule has 0 saturated carbocycles. The van der Waals surface area contributed by atoms with Gasteiger partial charge in [-0.1, -0.05) is 6.92 Å². The zero-order chi connectivity index (χ0) is 17.7. The zero-order valence-corrected chi connectivity index (χ0v) is 16.3. The van der Waals surface area contributed by atoms with E-state index in [4.69, 9.17) is 15.2 Å². The summed E-state index contributed by atoms with van der Waals surface area (Å²) in [6, 6.07) is 3.67. The first kappa shape index (κ1) is 19.1. The number of piperidine rings is 1. The molecule has 1 heterocycles. The molecule has 6 heteroatoms. The van der Waals surface area contributed by atoms with Gasteiger partial charge in [-0.3, -0.25) is 4.79 Å². The first-order valence-corrected chi connectivity index (χ1v) is 9.32. The van der Waals surface area contributed by atoms with Crippen LogP contribution in [0.4, 0.5) is 0 Å². The van der Waals surface area contributed by atoms with Gasteiger partial charge in [0, 0.05) is 24.7 Å². The summed E-state index contributed by atoms with van der Waals surface area (Å²) >= 11 is 3.50. The summed E-state index contributed by atoms with van der Waals surface area (Å²) < 4.78 is 11.9. The first-order chi connectivity index (χ1) is 11.5. The molecule has 1 saturated heterocycles. The average Bonchev–Trinajstić information content (AvgIpc) is 2.59. The molecule has 0 aromatic heterocycles. The summed E-state index contributed by atoms with van der Waals surface area (Å²) in [5.74, 6) is 1.59. The fourth-order valence-electron chi connectivity index (χ4n) is 2.99. The van der Waals surface area contributed by atoms with Crippen LogP contribution in [0.3, 0.4) is 0 Å². The summed E-state index contributed by atoms with van der Waals surface area (Å²) in [6.07, 6.45) is 2.98. The molecule has 1 fully saturated rings. The van der Waals surface area contributed by atoms with Crippen LogP contribution in [-0.4, -0.2) is 43.7 Å². The lowest BCUT2D eigenvalue weighted by atomic mass is 9.92. The molecular formula is C18H27BrN2O3. The Kier molecular flexibility index (Phi) is 6.92. The van der Waals surface area contributed by atoms with Crippen molar-refractivity contribution in [2.24, 2.45) is 11.7 Å². The van der Waals surface area contributed by atoms with E-state index >= 15 is 0 Å². The Labute approximate surface area is 152 Å². The maximum atomic E-state index is 12.9. The average molecular weight is 399 g/mol. The molecule has 2 N–H and O–H groups in total. The Hall–Kier alpha value is -1.27. The van der Waals surface area contributed by atoms with Gasteiger partial charge < -0.3 is 20.1 Å². The van der Waals surface area contributed by atoms with Crippen LogP contribution < -0.4 is 15.2 Å². The lowest BCUT2D eigenvalue weighted by molar-refractivity contribution is 0.0660. The van der Waals surface area contributed by atoms with E-state index in [1.165, 1.54) is 0 Å². The van der Waals surface area contributed by atoms with Gasteiger partial charge in [0.15, 0.2) is 11.5 Å². The number of nitrogens with two attached hydrogens (primary N) is 1. The number of hydrogen-bond acceptors (Lipinski definition) is 4. The minimum atomic E-state index is 0.0152. The Balaban J connectivity index is 2.21. The molecule has 134 valence electrons. The highest BCUT2D eigenvalue weighted by atomic mass is 79.9. The van der Waals surface area contributed by atoms with Crippen molar-refractivity contribution in [3.63, 3.8) is 0 Å². The second kappa shape index (κ2) is 8.72. The van der Waals surface area contributed by atoms with Crippen LogP contribution in [0.1, 0.15) is 43.5 Å². The molecule has 2 unspecified atom stereocenters. The fourth-order valence-corrected chi connectivity index (χ4v) is 3.55. The number of likely N-dealkylation sites (tertiary alicyclic amines) is 1. The molecular weight excluding hydrogens is 372 g/mol. The van der Waals surface area contributed by atoms with Gasteiger partial charge in [0.1, 0.15) is 0 Å².